The fourth-order valence-corrected chi connectivity index (χ4v) is 3.39. The van der Waals surface area contributed by atoms with Gasteiger partial charge in [0.15, 0.2) is 6.10 Å². The molecular weight excluding hydrogens is 425 g/mol. The molecule has 30 heavy (non-hydrogen) atoms. The Morgan fingerprint density at radius 2 is 1.87 bits per heavy atom. The first kappa shape index (κ1) is 20.4. The maximum absolute atomic E-state index is 13.7. The number of carbonyl (C=O) groups excluding carboxylic acids is 1. The van der Waals surface area contributed by atoms with Crippen molar-refractivity contribution in [3.05, 3.63) is 63.5 Å². The Kier molecular flexibility index (Phi) is 5.29. The molecule has 0 aliphatic carbocycles. The summed E-state index contributed by atoms with van der Waals surface area (Å²) in [5.74, 6) is -2.13. The van der Waals surface area contributed by atoms with E-state index in [2.05, 4.69) is 0 Å². The van der Waals surface area contributed by atoms with Crippen LogP contribution >= 0.6 is 11.6 Å². The molecule has 0 N–H and O–H groups in total. The molecule has 2 aromatic carbocycles. The summed E-state index contributed by atoms with van der Waals surface area (Å²) < 4.78 is 56.5. The van der Waals surface area contributed by atoms with Crippen molar-refractivity contribution in [2.75, 3.05) is 6.61 Å². The van der Waals surface area contributed by atoms with Gasteiger partial charge < -0.3 is 13.9 Å². The topological polar surface area (TPSA) is 65.7 Å². The summed E-state index contributed by atoms with van der Waals surface area (Å²) in [5.41, 5.74) is -1.79. The molecule has 2 heterocycles. The van der Waals surface area contributed by atoms with E-state index in [1.54, 1.807) is 0 Å². The summed E-state index contributed by atoms with van der Waals surface area (Å²) in [6.07, 6.45) is -4.42. The highest BCUT2D eigenvalue weighted by Crippen LogP contribution is 2.38. The number of carbonyl (C=O) groups is 1. The number of hydrogen-bond acceptors (Lipinski definition) is 5. The van der Waals surface area contributed by atoms with E-state index in [1.807, 2.05) is 0 Å². The first-order valence-corrected chi connectivity index (χ1v) is 9.39. The van der Waals surface area contributed by atoms with Gasteiger partial charge in [0.25, 0.3) is 0 Å². The fourth-order valence-electron chi connectivity index (χ4n) is 3.26. The number of hydrogen-bond donors (Lipinski definition) is 0. The molecule has 1 aliphatic heterocycles. The van der Waals surface area contributed by atoms with E-state index in [9.17, 15) is 22.8 Å². The highest BCUT2D eigenvalue weighted by Gasteiger charge is 2.39. The normalized spacial score (nSPS) is 16.7. The van der Waals surface area contributed by atoms with Crippen molar-refractivity contribution in [3.8, 4) is 16.9 Å². The molecule has 3 aromatic rings. The molecule has 1 aliphatic rings. The SMILES string of the molecule is O=C(Oc1ccc2c(=O)c(-c3ccc(Cl)cc3)c(C(F)(F)F)oc2c1)C1CCCO1. The maximum atomic E-state index is 13.7. The second kappa shape index (κ2) is 7.77. The van der Waals surface area contributed by atoms with Crippen molar-refractivity contribution in [1.29, 1.82) is 0 Å². The first-order chi connectivity index (χ1) is 14.2. The lowest BCUT2D eigenvalue weighted by Gasteiger charge is -2.14. The number of alkyl halides is 3. The smallest absolute Gasteiger partial charge is 0.450 e. The molecule has 1 atom stereocenters. The van der Waals surface area contributed by atoms with E-state index in [-0.39, 0.29) is 22.3 Å². The number of ether oxygens (including phenoxy) is 2. The molecule has 1 unspecified atom stereocenters. The molecule has 1 saturated heterocycles. The Balaban J connectivity index is 1.82. The molecule has 9 heteroatoms. The molecule has 0 saturated carbocycles. The van der Waals surface area contributed by atoms with Crippen LogP contribution in [0.15, 0.2) is 51.7 Å². The highest BCUT2D eigenvalue weighted by atomic mass is 35.5. The van der Waals surface area contributed by atoms with Crippen molar-refractivity contribution in [2.24, 2.45) is 0 Å². The predicted molar refractivity (Wildman–Crippen MR) is 103 cm³/mol. The average molecular weight is 439 g/mol. The summed E-state index contributed by atoms with van der Waals surface area (Å²) in [6.45, 7) is 0.439. The van der Waals surface area contributed by atoms with E-state index < -0.39 is 35.0 Å². The van der Waals surface area contributed by atoms with Crippen molar-refractivity contribution in [2.45, 2.75) is 25.1 Å². The third-order valence-electron chi connectivity index (χ3n) is 4.67. The summed E-state index contributed by atoms with van der Waals surface area (Å²) in [4.78, 5) is 25.0. The largest absolute Gasteiger partial charge is 0.450 e. The summed E-state index contributed by atoms with van der Waals surface area (Å²) in [6, 6.07) is 9.07. The van der Waals surface area contributed by atoms with Crippen LogP contribution in [0.1, 0.15) is 18.6 Å². The molecule has 156 valence electrons. The Morgan fingerprint density at radius 3 is 2.50 bits per heavy atom. The van der Waals surface area contributed by atoms with Crippen LogP contribution < -0.4 is 10.2 Å². The lowest BCUT2D eigenvalue weighted by molar-refractivity contribution is -0.152. The molecule has 0 radical (unpaired) electrons. The lowest BCUT2D eigenvalue weighted by Crippen LogP contribution is -2.24. The van der Waals surface area contributed by atoms with E-state index in [4.69, 9.17) is 25.5 Å². The van der Waals surface area contributed by atoms with Gasteiger partial charge in [-0.15, -0.1) is 0 Å². The fraction of sp³-hybridized carbons (Fsp3) is 0.238. The molecule has 0 amide bonds. The standard InChI is InChI=1S/C21H14ClF3O5/c22-12-5-3-11(4-6-12)17-18(26)14-8-7-13(29-20(27)15-2-1-9-28-15)10-16(14)30-19(17)21(23,24)25/h3-8,10,15H,1-2,9H2. The Labute approximate surface area is 173 Å². The summed E-state index contributed by atoms with van der Waals surface area (Å²) in [7, 11) is 0. The van der Waals surface area contributed by atoms with Crippen LogP contribution in [-0.4, -0.2) is 18.7 Å². The van der Waals surface area contributed by atoms with E-state index in [0.717, 1.165) is 12.5 Å². The van der Waals surface area contributed by atoms with Crippen molar-refractivity contribution < 1.29 is 31.9 Å². The molecule has 1 aromatic heterocycles. The lowest BCUT2D eigenvalue weighted by atomic mass is 10.0. The van der Waals surface area contributed by atoms with E-state index in [0.29, 0.717) is 18.1 Å². The third kappa shape index (κ3) is 3.93. The molecule has 1 fully saturated rings. The number of rotatable bonds is 3. The minimum absolute atomic E-state index is 0.0243. The highest BCUT2D eigenvalue weighted by molar-refractivity contribution is 6.30. The predicted octanol–water partition coefficient (Wildman–Crippen LogP) is 5.22. The van der Waals surface area contributed by atoms with Gasteiger partial charge in [-0.05, 0) is 42.7 Å². The van der Waals surface area contributed by atoms with Crippen molar-refractivity contribution in [1.82, 2.24) is 0 Å². The van der Waals surface area contributed by atoms with Gasteiger partial charge in [0.1, 0.15) is 11.3 Å². The first-order valence-electron chi connectivity index (χ1n) is 9.01. The molecule has 4 rings (SSSR count). The van der Waals surface area contributed by atoms with Crippen LogP contribution in [0, 0.1) is 0 Å². The quantitative estimate of drug-likeness (QED) is 0.414. The minimum atomic E-state index is -4.92. The molecular formula is C21H14ClF3O5. The van der Waals surface area contributed by atoms with Gasteiger partial charge in [0.05, 0.1) is 10.9 Å². The van der Waals surface area contributed by atoms with E-state index >= 15 is 0 Å². The van der Waals surface area contributed by atoms with Crippen LogP contribution in [0.25, 0.3) is 22.1 Å². The van der Waals surface area contributed by atoms with Gasteiger partial charge in [-0.25, -0.2) is 4.79 Å². The van der Waals surface area contributed by atoms with Gasteiger partial charge in [0.2, 0.25) is 11.2 Å². The second-order valence-electron chi connectivity index (χ2n) is 6.72. The van der Waals surface area contributed by atoms with Crippen LogP contribution in [0.4, 0.5) is 13.2 Å². The van der Waals surface area contributed by atoms with Crippen molar-refractivity contribution in [3.63, 3.8) is 0 Å². The van der Waals surface area contributed by atoms with Crippen LogP contribution in [0.2, 0.25) is 5.02 Å². The summed E-state index contributed by atoms with van der Waals surface area (Å²) in [5, 5.41) is 0.236. The van der Waals surface area contributed by atoms with Crippen LogP contribution in [-0.2, 0) is 15.7 Å². The Hall–Kier alpha value is -2.84. The Bertz CT molecular complexity index is 1160. The third-order valence-corrected chi connectivity index (χ3v) is 4.92. The second-order valence-corrected chi connectivity index (χ2v) is 7.16. The zero-order valence-corrected chi connectivity index (χ0v) is 16.0. The zero-order chi connectivity index (χ0) is 21.5. The maximum Gasteiger partial charge on any atom is 0.450 e. The Morgan fingerprint density at radius 1 is 1.13 bits per heavy atom. The van der Waals surface area contributed by atoms with Gasteiger partial charge in [-0.3, -0.25) is 4.79 Å². The van der Waals surface area contributed by atoms with Gasteiger partial charge >= 0.3 is 12.1 Å². The number of esters is 1. The zero-order valence-electron chi connectivity index (χ0n) is 15.3. The molecule has 0 bridgehead atoms. The monoisotopic (exact) mass is 438 g/mol. The number of benzene rings is 2. The minimum Gasteiger partial charge on any atom is -0.450 e. The van der Waals surface area contributed by atoms with Crippen LogP contribution in [0.3, 0.4) is 0 Å². The molecule has 0 spiro atoms. The van der Waals surface area contributed by atoms with E-state index in [1.165, 1.54) is 36.4 Å². The van der Waals surface area contributed by atoms with Gasteiger partial charge in [0, 0.05) is 17.7 Å². The van der Waals surface area contributed by atoms with Gasteiger partial charge in [-0.2, -0.15) is 13.2 Å². The van der Waals surface area contributed by atoms with Crippen molar-refractivity contribution >= 4 is 28.5 Å². The summed E-state index contributed by atoms with van der Waals surface area (Å²) >= 11 is 5.80. The van der Waals surface area contributed by atoms with Crippen LogP contribution in [0.5, 0.6) is 5.75 Å². The molecule has 5 nitrogen and oxygen atoms in total. The van der Waals surface area contributed by atoms with Gasteiger partial charge in [-0.1, -0.05) is 23.7 Å². The average Bonchev–Trinajstić information content (AvgIpc) is 3.23. The number of fused-ring (bicyclic) bond motifs is 1. The number of halogens is 4.